The molecule has 0 aromatic heterocycles. The molecular formula is H3MnNO2. The van der Waals surface area contributed by atoms with Gasteiger partial charge in [-0.25, -0.2) is 0 Å². The molecule has 4 heavy (non-hydrogen) atoms. The molecule has 3 nitrogen and oxygen atoms in total. The van der Waals surface area contributed by atoms with Crippen molar-refractivity contribution < 1.29 is 22.5 Å². The molecule has 0 aliphatic heterocycles. The van der Waals surface area contributed by atoms with Crippen LogP contribution in [0.1, 0.15) is 0 Å². The number of rotatable bonds is 0. The van der Waals surface area contributed by atoms with Crippen LogP contribution in [0.15, 0.2) is 0 Å². The van der Waals surface area contributed by atoms with E-state index in [1.54, 1.807) is 0 Å². The summed E-state index contributed by atoms with van der Waals surface area (Å²) < 4.78 is 16.8. The summed E-state index contributed by atoms with van der Waals surface area (Å²) >= 11 is -1.44. The normalized spacial score (nSPS) is 3.00. The van der Waals surface area contributed by atoms with Crippen molar-refractivity contribution in [1.29, 1.82) is 0 Å². The third-order valence-electron chi connectivity index (χ3n) is 0. The van der Waals surface area contributed by atoms with Crippen molar-refractivity contribution in [3.05, 3.63) is 0 Å². The second kappa shape index (κ2) is 11.4. The first-order valence-electron chi connectivity index (χ1n) is 0.309. The van der Waals surface area contributed by atoms with Crippen LogP contribution in [-0.4, -0.2) is 0 Å². The molecule has 0 fully saturated rings. The Balaban J connectivity index is 0. The van der Waals surface area contributed by atoms with Gasteiger partial charge in [0.25, 0.3) is 0 Å². The van der Waals surface area contributed by atoms with E-state index in [0.29, 0.717) is 0 Å². The van der Waals surface area contributed by atoms with Crippen molar-refractivity contribution in [3.8, 4) is 0 Å². The summed E-state index contributed by atoms with van der Waals surface area (Å²) in [6.07, 6.45) is 0. The Morgan fingerprint density at radius 2 is 1.25 bits per heavy atom. The summed E-state index contributed by atoms with van der Waals surface area (Å²) in [5.41, 5.74) is 0. The molecule has 0 aliphatic rings. The first-order chi connectivity index (χ1) is 1.41. The van der Waals surface area contributed by atoms with Gasteiger partial charge in [0.05, 0.1) is 0 Å². The van der Waals surface area contributed by atoms with Crippen molar-refractivity contribution in [3.63, 3.8) is 0 Å². The topological polar surface area (TPSA) is 69.1 Å². The SMILES string of the molecule is N.[O]=[Mn]=[O]. The minimum atomic E-state index is -1.44. The van der Waals surface area contributed by atoms with E-state index < -0.39 is 14.8 Å². The van der Waals surface area contributed by atoms with Crippen molar-refractivity contribution in [2.45, 2.75) is 0 Å². The van der Waals surface area contributed by atoms with Crippen LogP contribution in [0.3, 0.4) is 0 Å². The van der Waals surface area contributed by atoms with Crippen LogP contribution >= 0.6 is 0 Å². The van der Waals surface area contributed by atoms with E-state index in [0.717, 1.165) is 0 Å². The fraction of sp³-hybridized carbons (Fsp3) is 0. The molecule has 0 unspecified atom stereocenters. The summed E-state index contributed by atoms with van der Waals surface area (Å²) in [7, 11) is 0. The second-order valence-corrected chi connectivity index (χ2v) is 0.260. The molecule has 0 saturated heterocycles. The van der Waals surface area contributed by atoms with Crippen molar-refractivity contribution >= 4 is 0 Å². The van der Waals surface area contributed by atoms with Gasteiger partial charge in [-0.15, -0.1) is 0 Å². The van der Waals surface area contributed by atoms with Gasteiger partial charge in [0.2, 0.25) is 0 Å². The van der Waals surface area contributed by atoms with Crippen LogP contribution in [-0.2, 0) is 22.5 Å². The zero-order valence-corrected chi connectivity index (χ0v) is 3.08. The fourth-order valence-corrected chi connectivity index (χ4v) is 0. The molecule has 0 spiro atoms. The molecule has 0 rings (SSSR count). The molecule has 0 atom stereocenters. The van der Waals surface area contributed by atoms with Gasteiger partial charge in [-0.1, -0.05) is 0 Å². The van der Waals surface area contributed by atoms with Crippen LogP contribution < -0.4 is 6.15 Å². The Bertz CT molecular complexity index is 27.0. The van der Waals surface area contributed by atoms with E-state index in [1.165, 1.54) is 0 Å². The average molecular weight is 104 g/mol. The van der Waals surface area contributed by atoms with Crippen molar-refractivity contribution in [2.75, 3.05) is 0 Å². The van der Waals surface area contributed by atoms with Gasteiger partial charge in [0, 0.05) is 0 Å². The second-order valence-electron chi connectivity index (χ2n) is 0.0630. The monoisotopic (exact) mass is 104 g/mol. The first-order valence-corrected chi connectivity index (χ1v) is 1.27. The predicted octanol–water partition coefficient (Wildman–Crippen LogP) is -0.0781. The van der Waals surface area contributed by atoms with Crippen LogP contribution in [0, 0.1) is 0 Å². The van der Waals surface area contributed by atoms with Crippen LogP contribution in [0.5, 0.6) is 0 Å². The van der Waals surface area contributed by atoms with Gasteiger partial charge >= 0.3 is 22.5 Å². The fourth-order valence-electron chi connectivity index (χ4n) is 0. The van der Waals surface area contributed by atoms with Crippen LogP contribution in [0.2, 0.25) is 0 Å². The summed E-state index contributed by atoms with van der Waals surface area (Å²) in [4.78, 5) is 0. The van der Waals surface area contributed by atoms with Crippen molar-refractivity contribution in [2.24, 2.45) is 0 Å². The van der Waals surface area contributed by atoms with Gasteiger partial charge in [-0.2, -0.15) is 0 Å². The Morgan fingerprint density at radius 3 is 1.25 bits per heavy atom. The molecule has 0 bridgehead atoms. The van der Waals surface area contributed by atoms with Gasteiger partial charge in [-0.05, 0) is 0 Å². The maximum atomic E-state index is 8.41. The summed E-state index contributed by atoms with van der Waals surface area (Å²) in [6, 6.07) is 0. The summed E-state index contributed by atoms with van der Waals surface area (Å²) in [6.45, 7) is 0. The standard InChI is InChI=1S/Mn.H3N.2O/h;1H3;;. The van der Waals surface area contributed by atoms with E-state index in [-0.39, 0.29) is 6.15 Å². The third-order valence-corrected chi connectivity index (χ3v) is 0. The summed E-state index contributed by atoms with van der Waals surface area (Å²) in [5, 5.41) is 0. The van der Waals surface area contributed by atoms with E-state index >= 15 is 0 Å². The van der Waals surface area contributed by atoms with E-state index in [1.807, 2.05) is 0 Å². The van der Waals surface area contributed by atoms with E-state index in [2.05, 4.69) is 0 Å². The van der Waals surface area contributed by atoms with E-state index in [9.17, 15) is 0 Å². The first kappa shape index (κ1) is 8.95. The molecule has 0 aromatic carbocycles. The predicted molar refractivity (Wildman–Crippen MR) is 6.40 cm³/mol. The van der Waals surface area contributed by atoms with Crippen LogP contribution in [0.25, 0.3) is 0 Å². The molecule has 4 heteroatoms. The van der Waals surface area contributed by atoms with Gasteiger partial charge in [0.1, 0.15) is 0 Å². The van der Waals surface area contributed by atoms with E-state index in [4.69, 9.17) is 7.67 Å². The molecule has 0 heterocycles. The van der Waals surface area contributed by atoms with Crippen molar-refractivity contribution in [1.82, 2.24) is 6.15 Å². The molecule has 0 saturated carbocycles. The summed E-state index contributed by atoms with van der Waals surface area (Å²) in [5.74, 6) is 0. The average Bonchev–Trinajstić information content (AvgIpc) is 0.918. The number of hydrogen-bond acceptors (Lipinski definition) is 3. The van der Waals surface area contributed by atoms with Gasteiger partial charge < -0.3 is 6.15 Å². The maximum absolute atomic E-state index is 8.41. The molecule has 27 valence electrons. The molecule has 0 aromatic rings. The zero-order chi connectivity index (χ0) is 2.71. The molecule has 0 aliphatic carbocycles. The quantitative estimate of drug-likeness (QED) is 0.437. The third kappa shape index (κ3) is 384. The molecule has 0 amide bonds. The zero-order valence-electron chi connectivity index (χ0n) is 1.90. The Labute approximate surface area is 29.5 Å². The molecular weight excluding hydrogens is 101 g/mol. The Kier molecular flexibility index (Phi) is 25.6. The molecule has 0 radical (unpaired) electrons. The minimum absolute atomic E-state index is 0. The molecule has 3 N–H and O–H groups in total. The Hall–Kier alpha value is 0.0795. The van der Waals surface area contributed by atoms with Gasteiger partial charge in [-0.3, -0.25) is 0 Å². The number of hydrogen-bond donors (Lipinski definition) is 1. The van der Waals surface area contributed by atoms with Gasteiger partial charge in [0.15, 0.2) is 0 Å². The Morgan fingerprint density at radius 1 is 1.25 bits per heavy atom. The van der Waals surface area contributed by atoms with Crippen LogP contribution in [0.4, 0.5) is 0 Å².